The number of hydrogen-bond acceptors (Lipinski definition) is 4. The monoisotopic (exact) mass is 410 g/mol. The Labute approximate surface area is 171 Å². The second-order valence-corrected chi connectivity index (χ2v) is 6.84. The fraction of sp³-hybridized carbons (Fsp3) is 0.190. The highest BCUT2D eigenvalue weighted by Crippen LogP contribution is 2.17. The number of fused-ring (bicyclic) bond motifs is 1. The lowest BCUT2D eigenvalue weighted by Crippen LogP contribution is -2.20. The number of hydrogen-bond donors (Lipinski definition) is 3. The van der Waals surface area contributed by atoms with Crippen LogP contribution < -0.4 is 10.6 Å². The second kappa shape index (κ2) is 8.83. The molecule has 2 aromatic carbocycles. The van der Waals surface area contributed by atoms with E-state index in [1.807, 2.05) is 48.5 Å². The quantitative estimate of drug-likeness (QED) is 0.415. The van der Waals surface area contributed by atoms with Crippen molar-refractivity contribution in [3.63, 3.8) is 0 Å². The zero-order chi connectivity index (χ0) is 20.9. The molecule has 0 fully saturated rings. The highest BCUT2D eigenvalue weighted by molar-refractivity contribution is 6.10. The van der Waals surface area contributed by atoms with Gasteiger partial charge in [-0.05, 0) is 17.2 Å². The van der Waals surface area contributed by atoms with Crippen molar-refractivity contribution in [3.8, 4) is 0 Å². The van der Waals surface area contributed by atoms with Gasteiger partial charge in [0.05, 0.1) is 30.5 Å². The summed E-state index contributed by atoms with van der Waals surface area (Å²) in [5, 5.41) is 17.5. The van der Waals surface area contributed by atoms with Crippen LogP contribution in [0.5, 0.6) is 0 Å². The lowest BCUT2D eigenvalue weighted by Gasteiger charge is -2.07. The summed E-state index contributed by atoms with van der Waals surface area (Å²) >= 11 is 0. The Bertz CT molecular complexity index is 1150. The van der Waals surface area contributed by atoms with Gasteiger partial charge in [-0.2, -0.15) is 10.2 Å². The molecule has 30 heavy (non-hydrogen) atoms. The molecule has 0 spiro atoms. The van der Waals surface area contributed by atoms with Gasteiger partial charge in [-0.3, -0.25) is 14.6 Å². The van der Waals surface area contributed by atoms with E-state index in [1.165, 1.54) is 0 Å². The Balaban J connectivity index is 1.39. The number of para-hydroxylation sites is 1. The number of aromatic nitrogens is 4. The molecule has 0 unspecified atom stereocenters. The number of carbonyl (C=O) groups excluding carboxylic acids is 1. The number of anilines is 1. The van der Waals surface area contributed by atoms with Crippen molar-refractivity contribution in [2.75, 3.05) is 11.9 Å². The van der Waals surface area contributed by atoms with Crippen molar-refractivity contribution in [1.29, 1.82) is 0 Å². The van der Waals surface area contributed by atoms with Crippen LogP contribution in [0.15, 0.2) is 60.9 Å². The number of amides is 1. The van der Waals surface area contributed by atoms with Crippen molar-refractivity contribution in [2.24, 2.45) is 0 Å². The molecule has 154 valence electrons. The number of rotatable bonds is 8. The van der Waals surface area contributed by atoms with Crippen LogP contribution in [-0.4, -0.2) is 38.9 Å². The van der Waals surface area contributed by atoms with E-state index in [2.05, 4.69) is 25.9 Å². The molecule has 0 radical (unpaired) electrons. The molecule has 0 atom stereocenters. The van der Waals surface area contributed by atoms with Crippen LogP contribution in [-0.2, 0) is 13.1 Å². The topological polar surface area (TPSA) is 87.6 Å². The van der Waals surface area contributed by atoms with Gasteiger partial charge in [0, 0.05) is 18.1 Å². The van der Waals surface area contributed by atoms with Crippen molar-refractivity contribution >= 4 is 22.5 Å². The summed E-state index contributed by atoms with van der Waals surface area (Å²) < 4.78 is 26.2. The van der Waals surface area contributed by atoms with Gasteiger partial charge in [-0.1, -0.05) is 42.5 Å². The Hall–Kier alpha value is -3.59. The van der Waals surface area contributed by atoms with Crippen LogP contribution in [0.3, 0.4) is 0 Å². The van der Waals surface area contributed by atoms with Crippen molar-refractivity contribution < 1.29 is 13.6 Å². The van der Waals surface area contributed by atoms with E-state index in [4.69, 9.17) is 0 Å². The second-order valence-electron chi connectivity index (χ2n) is 6.84. The fourth-order valence-electron chi connectivity index (χ4n) is 3.19. The van der Waals surface area contributed by atoms with E-state index < -0.39 is 6.43 Å². The van der Waals surface area contributed by atoms with Gasteiger partial charge in [0.15, 0.2) is 5.69 Å². The van der Waals surface area contributed by atoms with Gasteiger partial charge in [-0.15, -0.1) is 0 Å². The fourth-order valence-corrected chi connectivity index (χ4v) is 3.19. The minimum Gasteiger partial charge on any atom is -0.318 e. The predicted octanol–water partition coefficient (Wildman–Crippen LogP) is 3.41. The molecule has 4 rings (SSSR count). The van der Waals surface area contributed by atoms with Crippen molar-refractivity contribution in [3.05, 3.63) is 77.7 Å². The zero-order valence-electron chi connectivity index (χ0n) is 16.0. The third-order valence-corrected chi connectivity index (χ3v) is 4.54. The summed E-state index contributed by atoms with van der Waals surface area (Å²) in [5.74, 6) is -0.320. The number of nitrogens with one attached hydrogen (secondary N) is 3. The van der Waals surface area contributed by atoms with Crippen molar-refractivity contribution in [1.82, 2.24) is 25.3 Å². The maximum atomic E-state index is 12.6. The van der Waals surface area contributed by atoms with E-state index >= 15 is 0 Å². The molecule has 0 aliphatic heterocycles. The highest BCUT2D eigenvalue weighted by Gasteiger charge is 2.14. The van der Waals surface area contributed by atoms with Gasteiger partial charge in [0.1, 0.15) is 0 Å². The standard InChI is InChI=1S/C21H20F2N6O/c22-19(23)11-24-9-14-4-3-5-15(8-14)12-29-13-16(10-25-29)26-21(30)20-17-6-1-2-7-18(17)27-28-20/h1-8,10,13,19,24H,9,11-12H2,(H,26,30)(H,27,28). The average molecular weight is 410 g/mol. The van der Waals surface area contributed by atoms with Crippen molar-refractivity contribution in [2.45, 2.75) is 19.5 Å². The summed E-state index contributed by atoms with van der Waals surface area (Å²) in [7, 11) is 0. The first-order valence-corrected chi connectivity index (χ1v) is 9.42. The average Bonchev–Trinajstić information content (AvgIpc) is 3.35. The molecule has 9 heteroatoms. The van der Waals surface area contributed by atoms with Gasteiger partial charge in [0.2, 0.25) is 0 Å². The van der Waals surface area contributed by atoms with Crippen LogP contribution >= 0.6 is 0 Å². The predicted molar refractivity (Wildman–Crippen MR) is 110 cm³/mol. The van der Waals surface area contributed by atoms with Crippen LogP contribution in [0.4, 0.5) is 14.5 Å². The number of benzene rings is 2. The Kier molecular flexibility index (Phi) is 5.80. The lowest BCUT2D eigenvalue weighted by atomic mass is 10.1. The normalized spacial score (nSPS) is 11.3. The highest BCUT2D eigenvalue weighted by atomic mass is 19.3. The van der Waals surface area contributed by atoms with Crippen LogP contribution in [0.1, 0.15) is 21.6 Å². The van der Waals surface area contributed by atoms with Gasteiger partial charge in [-0.25, -0.2) is 8.78 Å². The molecule has 2 aromatic heterocycles. The Morgan fingerprint density at radius 2 is 1.97 bits per heavy atom. The number of alkyl halides is 2. The number of H-pyrrole nitrogens is 1. The molecular weight excluding hydrogens is 390 g/mol. The summed E-state index contributed by atoms with van der Waals surface area (Å²) in [6, 6.07) is 15.0. The molecule has 3 N–H and O–H groups in total. The van der Waals surface area contributed by atoms with E-state index in [9.17, 15) is 13.6 Å². The van der Waals surface area contributed by atoms with Crippen LogP contribution in [0.25, 0.3) is 10.9 Å². The minimum absolute atomic E-state index is 0.320. The van der Waals surface area contributed by atoms with Gasteiger partial charge < -0.3 is 10.6 Å². The summed E-state index contributed by atoms with van der Waals surface area (Å²) in [4.78, 5) is 12.6. The Morgan fingerprint density at radius 3 is 2.83 bits per heavy atom. The number of nitrogens with zero attached hydrogens (tertiary/aromatic N) is 3. The first-order chi connectivity index (χ1) is 14.6. The van der Waals surface area contributed by atoms with Crippen LogP contribution in [0, 0.1) is 0 Å². The number of aromatic amines is 1. The largest absolute Gasteiger partial charge is 0.318 e. The van der Waals surface area contributed by atoms with E-state index in [0.717, 1.165) is 22.0 Å². The first kappa shape index (κ1) is 19.7. The van der Waals surface area contributed by atoms with Gasteiger partial charge >= 0.3 is 0 Å². The molecule has 7 nitrogen and oxygen atoms in total. The number of carbonyl (C=O) groups is 1. The van der Waals surface area contributed by atoms with E-state index in [1.54, 1.807) is 17.1 Å². The zero-order valence-corrected chi connectivity index (χ0v) is 16.0. The molecule has 1 amide bonds. The SMILES string of the molecule is O=C(Nc1cnn(Cc2cccc(CNCC(F)F)c2)c1)c1n[nH]c2ccccc12. The molecule has 0 saturated heterocycles. The summed E-state index contributed by atoms with van der Waals surface area (Å²) in [5.41, 5.74) is 3.57. The van der Waals surface area contributed by atoms with Crippen LogP contribution in [0.2, 0.25) is 0 Å². The molecule has 4 aromatic rings. The molecule has 2 heterocycles. The maximum absolute atomic E-state index is 12.6. The molecule has 0 bridgehead atoms. The molecule has 0 saturated carbocycles. The Morgan fingerprint density at radius 1 is 1.13 bits per heavy atom. The van der Waals surface area contributed by atoms with E-state index in [0.29, 0.717) is 24.5 Å². The summed E-state index contributed by atoms with van der Waals surface area (Å²) in [6.07, 6.45) is 0.931. The molecule has 0 aliphatic carbocycles. The third kappa shape index (κ3) is 4.69. The first-order valence-electron chi connectivity index (χ1n) is 9.42. The maximum Gasteiger partial charge on any atom is 0.276 e. The third-order valence-electron chi connectivity index (χ3n) is 4.54. The molecular formula is C21H20F2N6O. The summed E-state index contributed by atoms with van der Waals surface area (Å²) in [6.45, 7) is 0.526. The minimum atomic E-state index is -2.37. The van der Waals surface area contributed by atoms with Gasteiger partial charge in [0.25, 0.3) is 12.3 Å². The lowest BCUT2D eigenvalue weighted by molar-refractivity contribution is 0.102. The number of halogens is 2. The van der Waals surface area contributed by atoms with E-state index in [-0.39, 0.29) is 12.5 Å². The smallest absolute Gasteiger partial charge is 0.276 e. The molecule has 0 aliphatic rings.